The van der Waals surface area contributed by atoms with Crippen LogP contribution in [-0.2, 0) is 0 Å². The quantitative estimate of drug-likeness (QED) is 0.149. The molecule has 3 N–H and O–H groups in total. The largest absolute Gasteiger partial charge is 0.464 e. The first-order valence-corrected chi connectivity index (χ1v) is 17.3. The van der Waals surface area contributed by atoms with Crippen molar-refractivity contribution in [1.82, 2.24) is 24.3 Å². The van der Waals surface area contributed by atoms with Crippen LogP contribution in [0.5, 0.6) is 6.01 Å². The van der Waals surface area contributed by atoms with Crippen LogP contribution in [0.1, 0.15) is 54.9 Å². The molecule has 7 rings (SSSR count). The van der Waals surface area contributed by atoms with Gasteiger partial charge in [0.2, 0.25) is 0 Å². The number of pyridine rings is 1. The van der Waals surface area contributed by atoms with Crippen LogP contribution in [0.4, 0.5) is 20.2 Å². The molecule has 1 amide bonds. The molecule has 0 spiro atoms. The number of halogens is 2. The Bertz CT molecular complexity index is 2170. The number of nitrogen functional groups attached to an aromatic ring is 1. The number of carbonyl (C=O) groups is 1. The van der Waals surface area contributed by atoms with Gasteiger partial charge in [0, 0.05) is 22.9 Å². The highest BCUT2D eigenvalue weighted by Gasteiger charge is 2.25. The van der Waals surface area contributed by atoms with Gasteiger partial charge >= 0.3 is 6.01 Å². The number of piperidine rings is 1. The fourth-order valence-corrected chi connectivity index (χ4v) is 6.80. The van der Waals surface area contributed by atoms with Gasteiger partial charge < -0.3 is 20.7 Å². The summed E-state index contributed by atoms with van der Waals surface area (Å²) in [7, 11) is 0. The lowest BCUT2D eigenvalue weighted by atomic mass is 9.88. The Labute approximate surface area is 295 Å². The second kappa shape index (κ2) is 14.7. The van der Waals surface area contributed by atoms with Crippen molar-refractivity contribution in [2.45, 2.75) is 39.0 Å². The SMILES string of the molecule is CCCN1CCC(c2ccc(-c3nc(OCC)nc(-c4c(-c5cccc(C(=O)Nc6c(F)cccc6F)c5)nc5ccccn45)c3N)cc2)CC1. The first-order valence-electron chi connectivity index (χ1n) is 17.3. The van der Waals surface area contributed by atoms with Crippen LogP contribution in [0.25, 0.3) is 39.5 Å². The highest BCUT2D eigenvalue weighted by atomic mass is 19.1. The zero-order valence-electron chi connectivity index (χ0n) is 28.6. The van der Waals surface area contributed by atoms with E-state index in [1.807, 2.05) is 35.7 Å². The molecule has 1 aliphatic rings. The average Bonchev–Trinajstić information content (AvgIpc) is 3.54. The maximum atomic E-state index is 14.3. The lowest BCUT2D eigenvalue weighted by Gasteiger charge is -2.32. The Hall–Kier alpha value is -5.68. The van der Waals surface area contributed by atoms with Gasteiger partial charge in [-0.05, 0) is 93.7 Å². The summed E-state index contributed by atoms with van der Waals surface area (Å²) in [6.45, 7) is 7.80. The van der Waals surface area contributed by atoms with Crippen LogP contribution in [0, 0.1) is 11.6 Å². The summed E-state index contributed by atoms with van der Waals surface area (Å²) < 4.78 is 36.4. The summed E-state index contributed by atoms with van der Waals surface area (Å²) in [6, 6.07) is 24.3. The molecule has 1 fully saturated rings. The van der Waals surface area contributed by atoms with Crippen LogP contribution >= 0.6 is 0 Å². The smallest absolute Gasteiger partial charge is 0.317 e. The fourth-order valence-electron chi connectivity index (χ4n) is 6.80. The Kier molecular flexibility index (Phi) is 9.72. The van der Waals surface area contributed by atoms with Gasteiger partial charge in [-0.15, -0.1) is 0 Å². The maximum absolute atomic E-state index is 14.3. The number of carbonyl (C=O) groups excluding carboxylic acids is 1. The lowest BCUT2D eigenvalue weighted by molar-refractivity contribution is 0.102. The summed E-state index contributed by atoms with van der Waals surface area (Å²) in [5.74, 6) is -1.91. The van der Waals surface area contributed by atoms with Crippen molar-refractivity contribution < 1.29 is 18.3 Å². The van der Waals surface area contributed by atoms with Gasteiger partial charge in [0.05, 0.1) is 18.0 Å². The van der Waals surface area contributed by atoms with Gasteiger partial charge in [0.1, 0.15) is 40.1 Å². The summed E-state index contributed by atoms with van der Waals surface area (Å²) in [5.41, 5.74) is 12.3. The van der Waals surface area contributed by atoms with Gasteiger partial charge in [-0.3, -0.25) is 9.20 Å². The molecule has 51 heavy (non-hydrogen) atoms. The van der Waals surface area contributed by atoms with E-state index in [4.69, 9.17) is 25.4 Å². The number of para-hydroxylation sites is 1. The monoisotopic (exact) mass is 687 g/mol. The summed E-state index contributed by atoms with van der Waals surface area (Å²) in [6.07, 6.45) is 5.30. The molecule has 6 aromatic rings. The molecule has 0 bridgehead atoms. The molecule has 1 saturated heterocycles. The fraction of sp³-hybridized carbons (Fsp3) is 0.250. The van der Waals surface area contributed by atoms with Gasteiger partial charge in [0.15, 0.2) is 0 Å². The van der Waals surface area contributed by atoms with E-state index < -0.39 is 23.2 Å². The number of hydrogen-bond donors (Lipinski definition) is 2. The molecular formula is C40H39F2N7O2. The minimum Gasteiger partial charge on any atom is -0.464 e. The third-order valence-electron chi connectivity index (χ3n) is 9.34. The number of rotatable bonds is 10. The molecule has 0 saturated carbocycles. The predicted octanol–water partition coefficient (Wildman–Crippen LogP) is 8.23. The zero-order valence-corrected chi connectivity index (χ0v) is 28.6. The van der Waals surface area contributed by atoms with Crippen molar-refractivity contribution in [1.29, 1.82) is 0 Å². The first kappa shape index (κ1) is 33.8. The van der Waals surface area contributed by atoms with E-state index in [-0.39, 0.29) is 11.6 Å². The van der Waals surface area contributed by atoms with Gasteiger partial charge in [-0.2, -0.15) is 9.97 Å². The molecule has 1 aliphatic heterocycles. The number of ether oxygens (including phenoxy) is 1. The third kappa shape index (κ3) is 6.89. The number of nitrogens with two attached hydrogens (primary N) is 1. The van der Waals surface area contributed by atoms with E-state index in [1.165, 1.54) is 18.1 Å². The van der Waals surface area contributed by atoms with Crippen LogP contribution in [-0.4, -0.2) is 56.4 Å². The normalized spacial score (nSPS) is 13.8. The summed E-state index contributed by atoms with van der Waals surface area (Å²) in [4.78, 5) is 30.2. The molecular weight excluding hydrogens is 648 g/mol. The summed E-state index contributed by atoms with van der Waals surface area (Å²) >= 11 is 0. The number of anilines is 2. The standard InChI is InChI=1S/C40H39F2N7O2/c1-3-20-48-22-18-26(19-23-48)25-14-16-27(17-15-25)34-33(43)37(47-40(46-34)51-4-2)38-35(44-32-13-5-6-21-49(32)38)28-9-7-10-29(24-28)39(50)45-36-30(41)11-8-12-31(36)42/h5-17,21,24,26H,3-4,18-20,22-23,43H2,1-2H3,(H,45,50). The predicted molar refractivity (Wildman–Crippen MR) is 196 cm³/mol. The molecule has 4 heterocycles. The van der Waals surface area contributed by atoms with Crippen molar-refractivity contribution in [2.24, 2.45) is 0 Å². The van der Waals surface area contributed by atoms with E-state index >= 15 is 0 Å². The van der Waals surface area contributed by atoms with Gasteiger partial charge in [0.25, 0.3) is 5.91 Å². The summed E-state index contributed by atoms with van der Waals surface area (Å²) in [5, 5.41) is 2.36. The number of imidazole rings is 1. The molecule has 260 valence electrons. The minimum absolute atomic E-state index is 0.168. The zero-order chi connectivity index (χ0) is 35.5. The van der Waals surface area contributed by atoms with Crippen molar-refractivity contribution in [3.8, 4) is 39.9 Å². The van der Waals surface area contributed by atoms with E-state index in [0.29, 0.717) is 52.2 Å². The Morgan fingerprint density at radius 2 is 1.59 bits per heavy atom. The number of aromatic nitrogens is 4. The molecule has 0 atom stereocenters. The second-order valence-electron chi connectivity index (χ2n) is 12.7. The number of likely N-dealkylation sites (tertiary alicyclic amines) is 1. The third-order valence-corrected chi connectivity index (χ3v) is 9.34. The van der Waals surface area contributed by atoms with Crippen molar-refractivity contribution in [3.63, 3.8) is 0 Å². The number of nitrogens with zero attached hydrogens (tertiary/aromatic N) is 5. The van der Waals surface area contributed by atoms with Crippen LogP contribution < -0.4 is 15.8 Å². The Morgan fingerprint density at radius 3 is 2.31 bits per heavy atom. The van der Waals surface area contributed by atoms with Crippen molar-refractivity contribution >= 4 is 22.9 Å². The highest BCUT2D eigenvalue weighted by molar-refractivity contribution is 6.05. The van der Waals surface area contributed by atoms with Gasteiger partial charge in [-0.1, -0.05) is 55.5 Å². The van der Waals surface area contributed by atoms with Gasteiger partial charge in [-0.25, -0.2) is 13.8 Å². The number of amides is 1. The number of benzene rings is 3. The lowest BCUT2D eigenvalue weighted by Crippen LogP contribution is -2.33. The first-order chi connectivity index (χ1) is 24.8. The number of nitrogens with one attached hydrogen (secondary N) is 1. The molecule has 3 aromatic heterocycles. The van der Waals surface area contributed by atoms with Crippen LogP contribution in [0.3, 0.4) is 0 Å². The minimum atomic E-state index is -0.871. The molecule has 11 heteroatoms. The Balaban J connectivity index is 1.28. The molecule has 0 radical (unpaired) electrons. The van der Waals surface area contributed by atoms with E-state index in [2.05, 4.69) is 41.4 Å². The number of hydrogen-bond acceptors (Lipinski definition) is 7. The molecule has 0 unspecified atom stereocenters. The van der Waals surface area contributed by atoms with E-state index in [9.17, 15) is 13.6 Å². The van der Waals surface area contributed by atoms with E-state index in [0.717, 1.165) is 50.2 Å². The topological polar surface area (TPSA) is 111 Å². The van der Waals surface area contributed by atoms with Crippen LogP contribution in [0.2, 0.25) is 0 Å². The molecule has 9 nitrogen and oxygen atoms in total. The second-order valence-corrected chi connectivity index (χ2v) is 12.7. The molecule has 3 aromatic carbocycles. The van der Waals surface area contributed by atoms with Crippen molar-refractivity contribution in [2.75, 3.05) is 37.3 Å². The van der Waals surface area contributed by atoms with E-state index in [1.54, 1.807) is 24.3 Å². The average molecular weight is 688 g/mol. The number of fused-ring (bicyclic) bond motifs is 1. The maximum Gasteiger partial charge on any atom is 0.317 e. The Morgan fingerprint density at radius 1 is 0.863 bits per heavy atom. The molecule has 0 aliphatic carbocycles. The van der Waals surface area contributed by atoms with Crippen molar-refractivity contribution in [3.05, 3.63) is 114 Å². The van der Waals surface area contributed by atoms with Crippen LogP contribution in [0.15, 0.2) is 91.1 Å². The highest BCUT2D eigenvalue weighted by Crippen LogP contribution is 2.40.